The van der Waals surface area contributed by atoms with Crippen LogP contribution in [0.2, 0.25) is 0 Å². The number of hydrogen-bond acceptors (Lipinski definition) is 6. The van der Waals surface area contributed by atoms with Gasteiger partial charge in [-0.2, -0.15) is 4.99 Å². The van der Waals surface area contributed by atoms with Crippen molar-refractivity contribution in [2.24, 2.45) is 10.9 Å². The number of nitrogens with zero attached hydrogens (tertiary/aromatic N) is 4. The first-order valence-corrected chi connectivity index (χ1v) is 11.9. The Kier molecular flexibility index (Phi) is 7.28. The van der Waals surface area contributed by atoms with Crippen LogP contribution in [0.1, 0.15) is 48.4 Å². The summed E-state index contributed by atoms with van der Waals surface area (Å²) in [7, 11) is 0. The maximum absolute atomic E-state index is 13.3. The van der Waals surface area contributed by atoms with Crippen LogP contribution in [-0.2, 0) is 11.3 Å². The Balaban J connectivity index is 2.05. The molecule has 0 radical (unpaired) electrons. The van der Waals surface area contributed by atoms with Crippen LogP contribution in [0.4, 0.5) is 0 Å². The highest BCUT2D eigenvalue weighted by Gasteiger charge is 2.20. The van der Waals surface area contributed by atoms with E-state index in [-0.39, 0.29) is 34.5 Å². The van der Waals surface area contributed by atoms with E-state index in [1.807, 2.05) is 20.8 Å². The van der Waals surface area contributed by atoms with Crippen molar-refractivity contribution in [1.82, 2.24) is 14.0 Å². The summed E-state index contributed by atoms with van der Waals surface area (Å²) in [4.78, 5) is 48.6. The van der Waals surface area contributed by atoms with Crippen molar-refractivity contribution in [3.8, 4) is 5.75 Å². The lowest BCUT2D eigenvalue weighted by atomic mass is 10.1. The van der Waals surface area contributed by atoms with Gasteiger partial charge in [0.2, 0.25) is 0 Å². The molecule has 1 aromatic carbocycles. The van der Waals surface area contributed by atoms with E-state index in [2.05, 4.69) is 4.99 Å². The summed E-state index contributed by atoms with van der Waals surface area (Å²) >= 11 is 0. The van der Waals surface area contributed by atoms with Crippen LogP contribution < -0.4 is 15.8 Å². The summed E-state index contributed by atoms with van der Waals surface area (Å²) in [6.45, 7) is 8.55. The number of ether oxygens (including phenoxy) is 2. The number of carbonyl (C=O) groups excluding carboxylic acids is 2. The third-order valence-corrected chi connectivity index (χ3v) is 5.45. The van der Waals surface area contributed by atoms with Gasteiger partial charge in [-0.25, -0.2) is 9.78 Å². The minimum Gasteiger partial charge on any atom is -0.494 e. The number of hydrogen-bond donors (Lipinski definition) is 0. The van der Waals surface area contributed by atoms with Crippen molar-refractivity contribution in [3.05, 3.63) is 81.7 Å². The highest BCUT2D eigenvalue weighted by Crippen LogP contribution is 2.15. The van der Waals surface area contributed by atoms with E-state index in [1.165, 1.54) is 10.5 Å². The first-order valence-electron chi connectivity index (χ1n) is 11.9. The molecule has 0 saturated heterocycles. The Morgan fingerprint density at radius 3 is 2.47 bits per heavy atom. The molecular weight excluding hydrogens is 460 g/mol. The molecule has 0 saturated carbocycles. The normalized spacial score (nSPS) is 11.9. The van der Waals surface area contributed by atoms with Crippen LogP contribution in [0, 0.1) is 5.92 Å². The summed E-state index contributed by atoms with van der Waals surface area (Å²) in [6, 6.07) is 13.3. The molecular formula is C27H28N4O5. The third-order valence-electron chi connectivity index (χ3n) is 5.45. The second kappa shape index (κ2) is 10.6. The Morgan fingerprint density at radius 2 is 1.81 bits per heavy atom. The number of benzene rings is 1. The quantitative estimate of drug-likeness (QED) is 0.291. The third kappa shape index (κ3) is 4.91. The molecule has 0 aliphatic rings. The average molecular weight is 489 g/mol. The van der Waals surface area contributed by atoms with E-state index in [1.54, 1.807) is 60.2 Å². The molecule has 0 spiro atoms. The lowest BCUT2D eigenvalue weighted by Crippen LogP contribution is -2.33. The molecule has 9 nitrogen and oxygen atoms in total. The van der Waals surface area contributed by atoms with E-state index in [9.17, 15) is 14.4 Å². The zero-order chi connectivity index (χ0) is 25.8. The van der Waals surface area contributed by atoms with Gasteiger partial charge in [0.1, 0.15) is 22.6 Å². The van der Waals surface area contributed by atoms with Gasteiger partial charge in [-0.15, -0.1) is 0 Å². The van der Waals surface area contributed by atoms with Gasteiger partial charge in [0.05, 0.1) is 18.6 Å². The molecule has 0 fully saturated rings. The molecule has 0 bridgehead atoms. The number of carbonyl (C=O) groups is 2. The van der Waals surface area contributed by atoms with Gasteiger partial charge >= 0.3 is 5.97 Å². The lowest BCUT2D eigenvalue weighted by Gasteiger charge is -2.16. The van der Waals surface area contributed by atoms with Crippen LogP contribution >= 0.6 is 0 Å². The van der Waals surface area contributed by atoms with Gasteiger partial charge in [0.15, 0.2) is 5.49 Å². The molecule has 4 rings (SSSR count). The van der Waals surface area contributed by atoms with E-state index in [4.69, 9.17) is 14.5 Å². The first kappa shape index (κ1) is 24.8. The Bertz CT molecular complexity index is 1570. The van der Waals surface area contributed by atoms with Crippen molar-refractivity contribution >= 4 is 28.6 Å². The summed E-state index contributed by atoms with van der Waals surface area (Å²) in [5, 5.41) is 0.231. The Labute approximate surface area is 207 Å². The SMILES string of the molecule is CCOC(=O)c1cc2c(=O)n3ccccc3nc2n(CC(C)C)c1=NC(=O)c1ccc(OCC)cc1. The predicted octanol–water partition coefficient (Wildman–Crippen LogP) is 3.62. The Hall–Kier alpha value is -4.27. The number of aromatic nitrogens is 3. The smallest absolute Gasteiger partial charge is 0.341 e. The molecule has 0 aliphatic carbocycles. The maximum atomic E-state index is 13.3. The minimum atomic E-state index is -0.673. The lowest BCUT2D eigenvalue weighted by molar-refractivity contribution is 0.0523. The van der Waals surface area contributed by atoms with E-state index in [0.29, 0.717) is 35.8 Å². The second-order valence-electron chi connectivity index (χ2n) is 8.56. The van der Waals surface area contributed by atoms with E-state index < -0.39 is 11.9 Å². The van der Waals surface area contributed by atoms with Crippen LogP contribution in [0.3, 0.4) is 0 Å². The standard InChI is InChI=1S/C27H28N4O5/c1-5-35-19-12-10-18(11-13-19)25(32)29-24-21(27(34)36-6-2)15-20-23(31(24)16-17(3)4)28-22-9-7-8-14-30(22)26(20)33/h7-15,17H,5-6,16H2,1-4H3. The van der Waals surface area contributed by atoms with Crippen molar-refractivity contribution in [2.75, 3.05) is 13.2 Å². The Morgan fingerprint density at radius 1 is 1.06 bits per heavy atom. The zero-order valence-corrected chi connectivity index (χ0v) is 20.7. The zero-order valence-electron chi connectivity index (χ0n) is 20.7. The second-order valence-corrected chi connectivity index (χ2v) is 8.56. The number of rotatable bonds is 7. The van der Waals surface area contributed by atoms with Crippen molar-refractivity contribution in [3.63, 3.8) is 0 Å². The van der Waals surface area contributed by atoms with Gasteiger partial charge in [0.25, 0.3) is 11.5 Å². The summed E-state index contributed by atoms with van der Waals surface area (Å²) in [5.74, 6) is -0.481. The van der Waals surface area contributed by atoms with Crippen LogP contribution in [0.5, 0.6) is 5.75 Å². The minimum absolute atomic E-state index is 0.0269. The number of amides is 1. The predicted molar refractivity (Wildman–Crippen MR) is 135 cm³/mol. The molecule has 3 aromatic heterocycles. The molecule has 0 unspecified atom stereocenters. The molecule has 36 heavy (non-hydrogen) atoms. The topological polar surface area (TPSA) is 104 Å². The van der Waals surface area contributed by atoms with Gasteiger partial charge in [-0.3, -0.25) is 14.0 Å². The molecule has 186 valence electrons. The van der Waals surface area contributed by atoms with Crippen LogP contribution in [-0.4, -0.2) is 39.0 Å². The maximum Gasteiger partial charge on any atom is 0.341 e. The van der Waals surface area contributed by atoms with E-state index in [0.717, 1.165) is 0 Å². The monoisotopic (exact) mass is 488 g/mol. The molecule has 1 amide bonds. The molecule has 0 N–H and O–H groups in total. The first-order chi connectivity index (χ1) is 17.3. The number of pyridine rings is 2. The highest BCUT2D eigenvalue weighted by molar-refractivity contribution is 5.97. The van der Waals surface area contributed by atoms with Crippen molar-refractivity contribution in [1.29, 1.82) is 0 Å². The van der Waals surface area contributed by atoms with Gasteiger partial charge in [-0.05, 0) is 62.2 Å². The van der Waals surface area contributed by atoms with E-state index >= 15 is 0 Å². The number of esters is 1. The number of fused-ring (bicyclic) bond motifs is 2. The summed E-state index contributed by atoms with van der Waals surface area (Å²) < 4.78 is 13.8. The molecule has 3 heterocycles. The van der Waals surface area contributed by atoms with Crippen LogP contribution in [0.15, 0.2) is 64.5 Å². The molecule has 4 aromatic rings. The van der Waals surface area contributed by atoms with Gasteiger partial charge in [0, 0.05) is 18.3 Å². The van der Waals surface area contributed by atoms with Gasteiger partial charge in [-0.1, -0.05) is 19.9 Å². The van der Waals surface area contributed by atoms with Gasteiger partial charge < -0.3 is 14.0 Å². The fraction of sp³-hybridized carbons (Fsp3) is 0.296. The fourth-order valence-electron chi connectivity index (χ4n) is 3.92. The largest absolute Gasteiger partial charge is 0.494 e. The highest BCUT2D eigenvalue weighted by atomic mass is 16.5. The molecule has 0 atom stereocenters. The molecule has 9 heteroatoms. The average Bonchev–Trinajstić information content (AvgIpc) is 2.86. The van der Waals surface area contributed by atoms with Crippen LogP contribution in [0.25, 0.3) is 16.7 Å². The summed E-state index contributed by atoms with van der Waals surface area (Å²) in [6.07, 6.45) is 1.62. The summed E-state index contributed by atoms with van der Waals surface area (Å²) in [5.41, 5.74) is 0.908. The fourth-order valence-corrected chi connectivity index (χ4v) is 3.92. The van der Waals surface area contributed by atoms with Crippen molar-refractivity contribution < 1.29 is 19.1 Å². The molecule has 0 aliphatic heterocycles. The van der Waals surface area contributed by atoms with Crippen molar-refractivity contribution in [2.45, 2.75) is 34.2 Å².